The number of ether oxygens (including phenoxy) is 2. The lowest BCUT2D eigenvalue weighted by Crippen LogP contribution is -2.24. The Hall–Kier alpha value is -0.120. The Morgan fingerprint density at radius 1 is 1.43 bits per heavy atom. The minimum Gasteiger partial charge on any atom is -0.379 e. The van der Waals surface area contributed by atoms with E-state index in [1.54, 1.807) is 0 Å². The lowest BCUT2D eigenvalue weighted by molar-refractivity contribution is 0.0445. The molecule has 84 valence electrons. The molecular weight excluding hydrogens is 178 g/mol. The van der Waals surface area contributed by atoms with E-state index in [2.05, 4.69) is 19.2 Å². The van der Waals surface area contributed by atoms with Crippen molar-refractivity contribution < 1.29 is 9.47 Å². The van der Waals surface area contributed by atoms with E-state index in [1.807, 2.05) is 0 Å². The Kier molecular flexibility index (Phi) is 6.15. The van der Waals surface area contributed by atoms with Crippen LogP contribution in [0.2, 0.25) is 0 Å². The average Bonchev–Trinajstić information content (AvgIpc) is 2.63. The maximum Gasteiger partial charge on any atom is 0.0831 e. The summed E-state index contributed by atoms with van der Waals surface area (Å²) in [7, 11) is 0. The second-order valence-electron chi connectivity index (χ2n) is 4.29. The molecule has 1 unspecified atom stereocenters. The highest BCUT2D eigenvalue weighted by molar-refractivity contribution is 4.63. The first-order valence-electron chi connectivity index (χ1n) is 5.69. The predicted octanol–water partition coefficient (Wildman–Crippen LogP) is 1.43. The molecule has 0 saturated carbocycles. The Morgan fingerprint density at radius 3 is 2.93 bits per heavy atom. The van der Waals surface area contributed by atoms with E-state index >= 15 is 0 Å². The highest BCUT2D eigenvalue weighted by Gasteiger charge is 2.14. The van der Waals surface area contributed by atoms with E-state index in [0.717, 1.165) is 45.2 Å². The molecule has 0 radical (unpaired) electrons. The van der Waals surface area contributed by atoms with Gasteiger partial charge < -0.3 is 14.8 Å². The Morgan fingerprint density at radius 2 is 2.29 bits per heavy atom. The van der Waals surface area contributed by atoms with Gasteiger partial charge in [-0.25, -0.2) is 0 Å². The monoisotopic (exact) mass is 201 g/mol. The fraction of sp³-hybridized carbons (Fsp3) is 1.00. The highest BCUT2D eigenvalue weighted by Crippen LogP contribution is 2.07. The maximum atomic E-state index is 5.62. The molecule has 3 nitrogen and oxygen atoms in total. The molecule has 0 aromatic carbocycles. The highest BCUT2D eigenvalue weighted by atomic mass is 16.5. The van der Waals surface area contributed by atoms with Gasteiger partial charge in [0.05, 0.1) is 19.3 Å². The zero-order valence-corrected chi connectivity index (χ0v) is 9.42. The largest absolute Gasteiger partial charge is 0.379 e. The van der Waals surface area contributed by atoms with Crippen molar-refractivity contribution in [2.45, 2.75) is 32.8 Å². The van der Waals surface area contributed by atoms with Crippen molar-refractivity contribution in [2.75, 3.05) is 32.9 Å². The molecule has 0 aromatic rings. The first-order valence-corrected chi connectivity index (χ1v) is 5.69. The molecule has 0 aliphatic carbocycles. The molecule has 1 aliphatic heterocycles. The number of nitrogens with one attached hydrogen (secondary N) is 1. The van der Waals surface area contributed by atoms with Crippen LogP contribution < -0.4 is 5.32 Å². The molecule has 3 heteroatoms. The normalized spacial score (nSPS) is 22.1. The first kappa shape index (κ1) is 12.0. The SMILES string of the molecule is CC(C)CCNCCOC1CCOC1. The summed E-state index contributed by atoms with van der Waals surface area (Å²) in [5.74, 6) is 0.784. The van der Waals surface area contributed by atoms with Crippen LogP contribution in [0, 0.1) is 5.92 Å². The molecule has 1 N–H and O–H groups in total. The fourth-order valence-electron chi connectivity index (χ4n) is 1.46. The van der Waals surface area contributed by atoms with Gasteiger partial charge >= 0.3 is 0 Å². The van der Waals surface area contributed by atoms with Crippen LogP contribution in [0.25, 0.3) is 0 Å². The third kappa shape index (κ3) is 5.58. The summed E-state index contributed by atoms with van der Waals surface area (Å²) in [6, 6.07) is 0. The summed E-state index contributed by atoms with van der Waals surface area (Å²) >= 11 is 0. The van der Waals surface area contributed by atoms with Gasteiger partial charge in [-0.2, -0.15) is 0 Å². The second-order valence-corrected chi connectivity index (χ2v) is 4.29. The van der Waals surface area contributed by atoms with Gasteiger partial charge in [-0.15, -0.1) is 0 Å². The van der Waals surface area contributed by atoms with Crippen molar-refractivity contribution in [3.8, 4) is 0 Å². The quantitative estimate of drug-likeness (QED) is 0.632. The molecule has 1 saturated heterocycles. The number of hydrogen-bond donors (Lipinski definition) is 1. The smallest absolute Gasteiger partial charge is 0.0831 e. The summed E-state index contributed by atoms with van der Waals surface area (Å²) in [5.41, 5.74) is 0. The van der Waals surface area contributed by atoms with Crippen molar-refractivity contribution >= 4 is 0 Å². The van der Waals surface area contributed by atoms with Crippen LogP contribution in [0.4, 0.5) is 0 Å². The number of hydrogen-bond acceptors (Lipinski definition) is 3. The van der Waals surface area contributed by atoms with Crippen molar-refractivity contribution in [2.24, 2.45) is 5.92 Å². The van der Waals surface area contributed by atoms with Crippen LogP contribution in [-0.2, 0) is 9.47 Å². The Bertz CT molecular complexity index is 133. The molecule has 1 rings (SSSR count). The minimum absolute atomic E-state index is 0.349. The molecule has 0 bridgehead atoms. The van der Waals surface area contributed by atoms with Crippen LogP contribution in [0.3, 0.4) is 0 Å². The van der Waals surface area contributed by atoms with Gasteiger partial charge in [0.2, 0.25) is 0 Å². The third-order valence-corrected chi connectivity index (χ3v) is 2.42. The van der Waals surface area contributed by atoms with Gasteiger partial charge in [-0.05, 0) is 25.3 Å². The van der Waals surface area contributed by atoms with E-state index in [4.69, 9.17) is 9.47 Å². The van der Waals surface area contributed by atoms with E-state index in [9.17, 15) is 0 Å². The lowest BCUT2D eigenvalue weighted by atomic mass is 10.1. The van der Waals surface area contributed by atoms with Crippen LogP contribution in [-0.4, -0.2) is 39.0 Å². The molecule has 1 atom stereocenters. The van der Waals surface area contributed by atoms with Gasteiger partial charge in [-0.1, -0.05) is 13.8 Å². The van der Waals surface area contributed by atoms with Crippen molar-refractivity contribution in [1.29, 1.82) is 0 Å². The molecule has 0 spiro atoms. The van der Waals surface area contributed by atoms with Crippen LogP contribution >= 0.6 is 0 Å². The second kappa shape index (κ2) is 7.21. The third-order valence-electron chi connectivity index (χ3n) is 2.42. The van der Waals surface area contributed by atoms with E-state index in [-0.39, 0.29) is 0 Å². The Labute approximate surface area is 87.2 Å². The molecule has 1 aliphatic rings. The summed E-state index contributed by atoms with van der Waals surface area (Å²) in [4.78, 5) is 0. The van der Waals surface area contributed by atoms with E-state index in [0.29, 0.717) is 6.10 Å². The van der Waals surface area contributed by atoms with Crippen LogP contribution in [0.1, 0.15) is 26.7 Å². The van der Waals surface area contributed by atoms with Crippen molar-refractivity contribution in [3.63, 3.8) is 0 Å². The fourth-order valence-corrected chi connectivity index (χ4v) is 1.46. The minimum atomic E-state index is 0.349. The summed E-state index contributed by atoms with van der Waals surface area (Å²) in [6.45, 7) is 9.01. The van der Waals surface area contributed by atoms with Crippen LogP contribution in [0.15, 0.2) is 0 Å². The number of rotatable bonds is 7. The van der Waals surface area contributed by atoms with Gasteiger partial charge in [0.1, 0.15) is 0 Å². The van der Waals surface area contributed by atoms with Gasteiger partial charge in [-0.3, -0.25) is 0 Å². The zero-order valence-electron chi connectivity index (χ0n) is 9.42. The average molecular weight is 201 g/mol. The molecular formula is C11H23NO2. The van der Waals surface area contributed by atoms with E-state index < -0.39 is 0 Å². The zero-order chi connectivity index (χ0) is 10.2. The van der Waals surface area contributed by atoms with Gasteiger partial charge in [0.15, 0.2) is 0 Å². The maximum absolute atomic E-state index is 5.62. The molecule has 1 fully saturated rings. The van der Waals surface area contributed by atoms with E-state index in [1.165, 1.54) is 6.42 Å². The first-order chi connectivity index (χ1) is 6.79. The van der Waals surface area contributed by atoms with Crippen molar-refractivity contribution in [3.05, 3.63) is 0 Å². The van der Waals surface area contributed by atoms with Crippen molar-refractivity contribution in [1.82, 2.24) is 5.32 Å². The summed E-state index contributed by atoms with van der Waals surface area (Å²) in [6.07, 6.45) is 2.65. The standard InChI is InChI=1S/C11H23NO2/c1-10(2)3-5-12-6-8-14-11-4-7-13-9-11/h10-12H,3-9H2,1-2H3. The predicted molar refractivity (Wildman–Crippen MR) is 57.5 cm³/mol. The molecule has 0 amide bonds. The molecule has 14 heavy (non-hydrogen) atoms. The molecule has 1 heterocycles. The van der Waals surface area contributed by atoms with Gasteiger partial charge in [0, 0.05) is 13.2 Å². The topological polar surface area (TPSA) is 30.5 Å². The molecule has 0 aromatic heterocycles. The summed E-state index contributed by atoms with van der Waals surface area (Å²) < 4.78 is 10.8. The van der Waals surface area contributed by atoms with Crippen LogP contribution in [0.5, 0.6) is 0 Å². The Balaban J connectivity index is 1.79. The van der Waals surface area contributed by atoms with Gasteiger partial charge in [0.25, 0.3) is 0 Å². The lowest BCUT2D eigenvalue weighted by Gasteiger charge is -2.10. The summed E-state index contributed by atoms with van der Waals surface area (Å²) in [5, 5.41) is 3.37.